The van der Waals surface area contributed by atoms with E-state index in [9.17, 15) is 0 Å². The van der Waals surface area contributed by atoms with Gasteiger partial charge in [-0.15, -0.1) is 0 Å². The Morgan fingerprint density at radius 2 is 0.896 bits per heavy atom. The van der Waals surface area contributed by atoms with Crippen LogP contribution in [0.4, 0.5) is 0 Å². The Morgan fingerprint density at radius 3 is 1.79 bits per heavy atom. The fraction of sp³-hybridized carbons (Fsp3) is 0. The van der Waals surface area contributed by atoms with Crippen molar-refractivity contribution in [1.29, 1.82) is 0 Å². The number of aromatic nitrogens is 2. The Hall–Kier alpha value is -6.38. The predicted molar refractivity (Wildman–Crippen MR) is 203 cm³/mol. The second-order valence-electron chi connectivity index (χ2n) is 12.6. The van der Waals surface area contributed by atoms with Gasteiger partial charge < -0.3 is 0 Å². The summed E-state index contributed by atoms with van der Waals surface area (Å²) in [5, 5.41) is 13.7. The lowest BCUT2D eigenvalue weighted by Crippen LogP contribution is -1.96. The molecule has 9 aromatic carbocycles. The molecular weight excluding hydrogens is 581 g/mol. The van der Waals surface area contributed by atoms with Crippen LogP contribution in [0.1, 0.15) is 0 Å². The van der Waals surface area contributed by atoms with Crippen LogP contribution in [0.2, 0.25) is 0 Å². The van der Waals surface area contributed by atoms with Gasteiger partial charge in [0.25, 0.3) is 0 Å². The van der Waals surface area contributed by atoms with Gasteiger partial charge in [-0.1, -0.05) is 146 Å². The minimum Gasteiger partial charge on any atom is -0.228 e. The highest BCUT2D eigenvalue weighted by Crippen LogP contribution is 2.38. The van der Waals surface area contributed by atoms with E-state index < -0.39 is 0 Å². The van der Waals surface area contributed by atoms with Gasteiger partial charge in [-0.05, 0) is 89.3 Å². The number of hydrogen-bond acceptors (Lipinski definition) is 2. The molecule has 0 N–H and O–H groups in total. The molecule has 0 fully saturated rings. The SMILES string of the molecule is c1ccc(-c2nc(-c3ccc4ccccc4c3)c3ccc(-c4ccc5c(ccc6ccc7c8ccccc8ccc7c65)c4)cc3n2)cc1. The molecular formula is C46H28N2. The van der Waals surface area contributed by atoms with Gasteiger partial charge in [-0.25, -0.2) is 9.97 Å². The van der Waals surface area contributed by atoms with E-state index in [1.54, 1.807) is 0 Å². The summed E-state index contributed by atoms with van der Waals surface area (Å²) in [5.74, 6) is 0.729. The van der Waals surface area contributed by atoms with Crippen molar-refractivity contribution in [2.45, 2.75) is 0 Å². The second-order valence-corrected chi connectivity index (χ2v) is 12.6. The van der Waals surface area contributed by atoms with Crippen molar-refractivity contribution in [1.82, 2.24) is 9.97 Å². The minimum absolute atomic E-state index is 0.729. The molecule has 0 amide bonds. The summed E-state index contributed by atoms with van der Waals surface area (Å²) in [6.45, 7) is 0. The predicted octanol–water partition coefficient (Wildman–Crippen LogP) is 12.4. The summed E-state index contributed by atoms with van der Waals surface area (Å²) in [7, 11) is 0. The largest absolute Gasteiger partial charge is 0.228 e. The van der Waals surface area contributed by atoms with Crippen LogP contribution in [-0.4, -0.2) is 9.97 Å². The summed E-state index contributed by atoms with van der Waals surface area (Å²) >= 11 is 0. The van der Waals surface area contributed by atoms with Crippen LogP contribution >= 0.6 is 0 Å². The van der Waals surface area contributed by atoms with Crippen molar-refractivity contribution in [3.05, 3.63) is 170 Å². The average molecular weight is 609 g/mol. The van der Waals surface area contributed by atoms with Crippen LogP contribution in [-0.2, 0) is 0 Å². The highest BCUT2D eigenvalue weighted by molar-refractivity contribution is 6.24. The quantitative estimate of drug-likeness (QED) is 0.187. The van der Waals surface area contributed by atoms with Crippen molar-refractivity contribution in [3.8, 4) is 33.8 Å². The Labute approximate surface area is 277 Å². The maximum atomic E-state index is 5.15. The Kier molecular flexibility index (Phi) is 5.91. The van der Waals surface area contributed by atoms with Crippen LogP contribution in [0.5, 0.6) is 0 Å². The molecule has 10 rings (SSSR count). The molecule has 0 bridgehead atoms. The van der Waals surface area contributed by atoms with Crippen LogP contribution in [0.3, 0.4) is 0 Å². The molecule has 0 aliphatic carbocycles. The molecule has 0 saturated heterocycles. The first-order valence-corrected chi connectivity index (χ1v) is 16.4. The lowest BCUT2D eigenvalue weighted by Gasteiger charge is -2.13. The van der Waals surface area contributed by atoms with E-state index in [0.717, 1.165) is 39.1 Å². The topological polar surface area (TPSA) is 25.8 Å². The van der Waals surface area contributed by atoms with Crippen molar-refractivity contribution in [3.63, 3.8) is 0 Å². The molecule has 0 radical (unpaired) electrons. The van der Waals surface area contributed by atoms with Gasteiger partial charge in [0.05, 0.1) is 11.2 Å². The molecule has 0 unspecified atom stereocenters. The third-order valence-corrected chi connectivity index (χ3v) is 9.81. The Bertz CT molecular complexity index is 2890. The summed E-state index contributed by atoms with van der Waals surface area (Å²) in [6.07, 6.45) is 0. The van der Waals surface area contributed by atoms with Gasteiger partial charge in [0.1, 0.15) is 0 Å². The van der Waals surface area contributed by atoms with E-state index >= 15 is 0 Å². The third-order valence-electron chi connectivity index (χ3n) is 9.81. The lowest BCUT2D eigenvalue weighted by molar-refractivity contribution is 1.23. The van der Waals surface area contributed by atoms with E-state index in [1.165, 1.54) is 59.4 Å². The highest BCUT2D eigenvalue weighted by atomic mass is 14.9. The fourth-order valence-corrected chi connectivity index (χ4v) is 7.41. The van der Waals surface area contributed by atoms with Gasteiger partial charge in [0.15, 0.2) is 5.82 Å². The number of benzene rings is 9. The van der Waals surface area contributed by atoms with Gasteiger partial charge in [-0.2, -0.15) is 0 Å². The number of rotatable bonds is 3. The molecule has 0 saturated carbocycles. The molecule has 2 heteroatoms. The van der Waals surface area contributed by atoms with Crippen LogP contribution in [0.25, 0.3) is 98.5 Å². The molecule has 0 aliphatic rings. The smallest absolute Gasteiger partial charge is 0.160 e. The second kappa shape index (κ2) is 10.6. The van der Waals surface area contributed by atoms with Crippen LogP contribution in [0, 0.1) is 0 Å². The zero-order valence-electron chi connectivity index (χ0n) is 26.1. The van der Waals surface area contributed by atoms with E-state index in [2.05, 4.69) is 152 Å². The van der Waals surface area contributed by atoms with Gasteiger partial charge >= 0.3 is 0 Å². The zero-order valence-corrected chi connectivity index (χ0v) is 26.1. The molecule has 48 heavy (non-hydrogen) atoms. The summed E-state index contributed by atoms with van der Waals surface area (Å²) in [5.41, 5.74) is 6.27. The van der Waals surface area contributed by atoms with Crippen LogP contribution in [0.15, 0.2) is 170 Å². The number of hydrogen-bond donors (Lipinski definition) is 0. The first kappa shape index (κ1) is 26.8. The zero-order chi connectivity index (χ0) is 31.6. The average Bonchev–Trinajstić information content (AvgIpc) is 3.16. The molecule has 0 spiro atoms. The molecule has 222 valence electrons. The third kappa shape index (κ3) is 4.27. The Balaban J connectivity index is 1.15. The first-order valence-electron chi connectivity index (χ1n) is 16.4. The molecule has 0 atom stereocenters. The standard InChI is InChI=1S/C46H28N2/c1-2-10-32(11-3-1)46-47-43-28-35(21-25-42(43)45(48-46)37-17-14-29-8-4-5-12-33(29)27-37)34-20-22-39-36(26-34)16-15-31-19-23-40-38-13-7-6-9-30(38)18-24-41(40)44(31)39/h1-28H. The first-order chi connectivity index (χ1) is 23.8. The van der Waals surface area contributed by atoms with E-state index in [4.69, 9.17) is 9.97 Å². The monoisotopic (exact) mass is 608 g/mol. The lowest BCUT2D eigenvalue weighted by atomic mass is 9.92. The maximum Gasteiger partial charge on any atom is 0.160 e. The minimum atomic E-state index is 0.729. The van der Waals surface area contributed by atoms with E-state index in [-0.39, 0.29) is 0 Å². The van der Waals surface area contributed by atoms with Gasteiger partial charge in [-0.3, -0.25) is 0 Å². The van der Waals surface area contributed by atoms with E-state index in [0.29, 0.717) is 0 Å². The number of fused-ring (bicyclic) bond motifs is 9. The Morgan fingerprint density at radius 1 is 0.292 bits per heavy atom. The molecule has 10 aromatic rings. The normalized spacial score (nSPS) is 11.8. The molecule has 1 aromatic heterocycles. The van der Waals surface area contributed by atoms with Crippen molar-refractivity contribution in [2.75, 3.05) is 0 Å². The summed E-state index contributed by atoms with van der Waals surface area (Å²) in [6, 6.07) is 61.0. The van der Waals surface area contributed by atoms with Gasteiger partial charge in [0, 0.05) is 16.5 Å². The highest BCUT2D eigenvalue weighted by Gasteiger charge is 2.14. The number of nitrogens with zero attached hydrogens (tertiary/aromatic N) is 2. The molecule has 0 aliphatic heterocycles. The van der Waals surface area contributed by atoms with E-state index in [1.807, 2.05) is 18.2 Å². The van der Waals surface area contributed by atoms with Crippen molar-refractivity contribution >= 4 is 64.8 Å². The summed E-state index contributed by atoms with van der Waals surface area (Å²) in [4.78, 5) is 10.3. The van der Waals surface area contributed by atoms with Crippen LogP contribution < -0.4 is 0 Å². The summed E-state index contributed by atoms with van der Waals surface area (Å²) < 4.78 is 0. The van der Waals surface area contributed by atoms with Crippen molar-refractivity contribution < 1.29 is 0 Å². The van der Waals surface area contributed by atoms with Crippen molar-refractivity contribution in [2.24, 2.45) is 0 Å². The fourth-order valence-electron chi connectivity index (χ4n) is 7.41. The van der Waals surface area contributed by atoms with Gasteiger partial charge in [0.2, 0.25) is 0 Å². The molecule has 1 heterocycles. The molecule has 2 nitrogen and oxygen atoms in total. The maximum absolute atomic E-state index is 5.15.